The van der Waals surface area contributed by atoms with Gasteiger partial charge in [0, 0.05) is 18.7 Å². The van der Waals surface area contributed by atoms with Crippen molar-refractivity contribution >= 4 is 48.3 Å². The number of hydrogen-bond donors (Lipinski definition) is 0. The normalized spacial score (nSPS) is 11.4. The number of aryl methyl sites for hydroxylation is 1. The van der Waals surface area contributed by atoms with Gasteiger partial charge in [-0.05, 0) is 88.9 Å². The third-order valence-electron chi connectivity index (χ3n) is 6.09. The number of para-hydroxylation sites is 2. The molecule has 0 aliphatic carbocycles. The van der Waals surface area contributed by atoms with E-state index in [0.717, 1.165) is 28.7 Å². The van der Waals surface area contributed by atoms with Gasteiger partial charge in [-0.15, -0.1) is 0 Å². The number of aromatic nitrogens is 1. The first-order chi connectivity index (χ1) is 17.7. The predicted octanol–water partition coefficient (Wildman–Crippen LogP) is 2.42. The van der Waals surface area contributed by atoms with E-state index in [1.807, 2.05) is 57.4 Å². The number of anilines is 2. The van der Waals surface area contributed by atoms with Gasteiger partial charge in [-0.25, -0.2) is 13.4 Å². The first kappa shape index (κ1) is 29.6. The molecule has 0 saturated heterocycles. The zero-order valence-electron chi connectivity index (χ0n) is 22.0. The van der Waals surface area contributed by atoms with Crippen molar-refractivity contribution in [3.05, 3.63) is 83.9 Å². The van der Waals surface area contributed by atoms with Crippen LogP contribution in [0.15, 0.2) is 77.7 Å². The minimum Gasteiger partial charge on any atom is -1.00 e. The number of sulfonamides is 1. The standard InChI is InChI=1S/C28H32N4O3S2.ClH/c1-5-32(23-12-7-6-8-13-23)37(34,35)24-17-15-22(16-18-24)27(33)31(20-10-19-30(3)4)28-29-26-21(2)11-9-14-25(26)36-28;/h6-9,11-18H,5,10,19-20H2,1-4H3;1H/p-1. The van der Waals surface area contributed by atoms with E-state index < -0.39 is 10.0 Å². The molecule has 7 nitrogen and oxygen atoms in total. The monoisotopic (exact) mass is 571 g/mol. The van der Waals surface area contributed by atoms with Crippen LogP contribution in [-0.2, 0) is 10.0 Å². The molecule has 0 aliphatic heterocycles. The molecule has 0 saturated carbocycles. The molecule has 3 aromatic carbocycles. The first-order valence-electron chi connectivity index (χ1n) is 12.2. The van der Waals surface area contributed by atoms with Crippen LogP contribution in [0.25, 0.3) is 10.2 Å². The summed E-state index contributed by atoms with van der Waals surface area (Å²) in [5, 5.41) is 0.644. The Morgan fingerprint density at radius 3 is 2.21 bits per heavy atom. The van der Waals surface area contributed by atoms with Gasteiger partial charge >= 0.3 is 0 Å². The minimum absolute atomic E-state index is 0. The largest absolute Gasteiger partial charge is 1.00 e. The summed E-state index contributed by atoms with van der Waals surface area (Å²) in [7, 11) is 0.231. The summed E-state index contributed by atoms with van der Waals surface area (Å²) in [6.07, 6.45) is 0.780. The van der Waals surface area contributed by atoms with Crippen LogP contribution >= 0.6 is 11.3 Å². The molecule has 38 heavy (non-hydrogen) atoms. The predicted molar refractivity (Wildman–Crippen MR) is 152 cm³/mol. The lowest BCUT2D eigenvalue weighted by molar-refractivity contribution is -0.0000175. The summed E-state index contributed by atoms with van der Waals surface area (Å²) in [6.45, 7) is 5.44. The topological polar surface area (TPSA) is 73.8 Å². The second kappa shape index (κ2) is 12.7. The molecule has 10 heteroatoms. The second-order valence-electron chi connectivity index (χ2n) is 9.06. The van der Waals surface area contributed by atoms with Crippen LogP contribution in [-0.4, -0.2) is 57.9 Å². The summed E-state index contributed by atoms with van der Waals surface area (Å²) in [4.78, 5) is 22.4. The van der Waals surface area contributed by atoms with Gasteiger partial charge in [0.2, 0.25) is 0 Å². The maximum Gasteiger partial charge on any atom is 0.264 e. The van der Waals surface area contributed by atoms with E-state index in [1.165, 1.54) is 27.8 Å². The lowest BCUT2D eigenvalue weighted by Crippen LogP contribution is -3.00. The molecule has 0 spiro atoms. The zero-order chi connectivity index (χ0) is 26.6. The number of carbonyl (C=O) groups is 1. The Hall–Kier alpha value is -2.98. The summed E-state index contributed by atoms with van der Waals surface area (Å²) >= 11 is 1.49. The van der Waals surface area contributed by atoms with Crippen molar-refractivity contribution in [2.24, 2.45) is 0 Å². The molecule has 202 valence electrons. The highest BCUT2D eigenvalue weighted by molar-refractivity contribution is 7.92. The van der Waals surface area contributed by atoms with Crippen molar-refractivity contribution in [3.63, 3.8) is 0 Å². The molecule has 0 atom stereocenters. The molecule has 0 unspecified atom stereocenters. The SMILES string of the molecule is CCN(c1ccccc1)S(=O)(=O)c1ccc(C(=O)N(CCCN(C)C)c2nc3c(C)cccc3s2)cc1.[Cl-]. The van der Waals surface area contributed by atoms with Gasteiger partial charge < -0.3 is 17.3 Å². The smallest absolute Gasteiger partial charge is 0.264 e. The Morgan fingerprint density at radius 1 is 0.921 bits per heavy atom. The van der Waals surface area contributed by atoms with Crippen molar-refractivity contribution in [3.8, 4) is 0 Å². The van der Waals surface area contributed by atoms with Crippen molar-refractivity contribution in [1.82, 2.24) is 9.88 Å². The van der Waals surface area contributed by atoms with Crippen molar-refractivity contribution in [1.29, 1.82) is 0 Å². The Bertz CT molecular complexity index is 1470. The number of rotatable bonds is 10. The van der Waals surface area contributed by atoms with Crippen LogP contribution in [0.1, 0.15) is 29.3 Å². The maximum atomic E-state index is 13.7. The number of nitrogens with zero attached hydrogens (tertiary/aromatic N) is 4. The van der Waals surface area contributed by atoms with Crippen LogP contribution in [0.2, 0.25) is 0 Å². The van der Waals surface area contributed by atoms with E-state index >= 15 is 0 Å². The van der Waals surface area contributed by atoms with E-state index in [0.29, 0.717) is 29.5 Å². The summed E-state index contributed by atoms with van der Waals surface area (Å²) < 4.78 is 29.1. The fourth-order valence-electron chi connectivity index (χ4n) is 4.16. The molecule has 1 heterocycles. The number of fused-ring (bicyclic) bond motifs is 1. The summed E-state index contributed by atoms with van der Waals surface area (Å²) in [5.74, 6) is -0.199. The highest BCUT2D eigenvalue weighted by Crippen LogP contribution is 2.32. The molecular weight excluding hydrogens is 540 g/mol. The van der Waals surface area contributed by atoms with E-state index in [1.54, 1.807) is 36.1 Å². The number of hydrogen-bond acceptors (Lipinski definition) is 6. The average molecular weight is 572 g/mol. The summed E-state index contributed by atoms with van der Waals surface area (Å²) in [6, 6.07) is 21.2. The van der Waals surface area contributed by atoms with Crippen LogP contribution < -0.4 is 21.6 Å². The number of benzene rings is 3. The highest BCUT2D eigenvalue weighted by atomic mass is 35.5. The van der Waals surface area contributed by atoms with Gasteiger partial charge in [0.1, 0.15) is 0 Å². The van der Waals surface area contributed by atoms with Gasteiger partial charge in [-0.3, -0.25) is 14.0 Å². The number of carbonyl (C=O) groups excluding carboxylic acids is 1. The molecule has 0 fully saturated rings. The van der Waals surface area contributed by atoms with Crippen LogP contribution in [0.5, 0.6) is 0 Å². The van der Waals surface area contributed by atoms with Crippen molar-refractivity contribution < 1.29 is 25.6 Å². The molecule has 0 N–H and O–H groups in total. The van der Waals surface area contributed by atoms with E-state index in [-0.39, 0.29) is 23.2 Å². The van der Waals surface area contributed by atoms with Crippen molar-refractivity contribution in [2.45, 2.75) is 25.2 Å². The third kappa shape index (κ3) is 6.35. The van der Waals surface area contributed by atoms with Crippen LogP contribution in [0.4, 0.5) is 10.8 Å². The first-order valence-corrected chi connectivity index (χ1v) is 14.5. The average Bonchev–Trinajstić information content (AvgIpc) is 3.32. The van der Waals surface area contributed by atoms with Gasteiger partial charge in [-0.2, -0.15) is 0 Å². The van der Waals surface area contributed by atoms with Gasteiger partial charge in [-0.1, -0.05) is 41.7 Å². The molecule has 4 rings (SSSR count). The van der Waals surface area contributed by atoms with E-state index in [4.69, 9.17) is 4.98 Å². The lowest BCUT2D eigenvalue weighted by Gasteiger charge is -2.23. The zero-order valence-corrected chi connectivity index (χ0v) is 24.4. The lowest BCUT2D eigenvalue weighted by atomic mass is 10.2. The molecule has 1 amide bonds. The number of amides is 1. The third-order valence-corrected chi connectivity index (χ3v) is 9.05. The number of thiazole rings is 1. The van der Waals surface area contributed by atoms with Crippen molar-refractivity contribution in [2.75, 3.05) is 42.9 Å². The Morgan fingerprint density at radius 2 is 1.61 bits per heavy atom. The van der Waals surface area contributed by atoms with Crippen LogP contribution in [0.3, 0.4) is 0 Å². The molecule has 0 bridgehead atoms. The quantitative estimate of drug-likeness (QED) is 0.292. The molecule has 4 aromatic rings. The summed E-state index contributed by atoms with van der Waals surface area (Å²) in [5.41, 5.74) is 2.98. The Kier molecular flexibility index (Phi) is 9.89. The molecular formula is C28H32ClN4O3S2-. The Balaban J connectivity index is 0.00000400. The number of halogens is 1. The maximum absolute atomic E-state index is 13.7. The Labute approximate surface area is 235 Å². The highest BCUT2D eigenvalue weighted by Gasteiger charge is 2.25. The molecule has 0 aliphatic rings. The van der Waals surface area contributed by atoms with E-state index in [2.05, 4.69) is 4.90 Å². The second-order valence-corrected chi connectivity index (χ2v) is 11.9. The molecule has 1 aromatic heterocycles. The minimum atomic E-state index is -3.77. The van der Waals surface area contributed by atoms with Gasteiger partial charge in [0.15, 0.2) is 5.13 Å². The van der Waals surface area contributed by atoms with E-state index in [9.17, 15) is 13.2 Å². The van der Waals surface area contributed by atoms with Gasteiger partial charge in [0.25, 0.3) is 15.9 Å². The molecule has 0 radical (unpaired) electrons. The fraction of sp³-hybridized carbons (Fsp3) is 0.286. The van der Waals surface area contributed by atoms with Crippen LogP contribution in [0, 0.1) is 6.92 Å². The van der Waals surface area contributed by atoms with Gasteiger partial charge in [0.05, 0.1) is 20.8 Å². The fourth-order valence-corrected chi connectivity index (χ4v) is 6.70.